The van der Waals surface area contributed by atoms with Crippen LogP contribution >= 0.6 is 0 Å². The molecule has 0 saturated carbocycles. The Bertz CT molecular complexity index is 1190. The molecule has 0 bridgehead atoms. The molecule has 1 amide bonds. The number of aromatic nitrogens is 2. The molecule has 1 aromatic heterocycles. The number of nitrogens with one attached hydrogen (secondary N) is 2. The minimum absolute atomic E-state index is 0.0185. The van der Waals surface area contributed by atoms with Crippen molar-refractivity contribution in [3.05, 3.63) is 96.3 Å². The van der Waals surface area contributed by atoms with Gasteiger partial charge in [0.25, 0.3) is 5.91 Å². The van der Waals surface area contributed by atoms with Gasteiger partial charge in [-0.05, 0) is 37.3 Å². The zero-order chi connectivity index (χ0) is 20.9. The highest BCUT2D eigenvalue weighted by molar-refractivity contribution is 6.05. The molecule has 3 N–H and O–H groups in total. The van der Waals surface area contributed by atoms with Gasteiger partial charge in [-0.15, -0.1) is 0 Å². The van der Waals surface area contributed by atoms with Crippen LogP contribution in [0.4, 0.5) is 17.2 Å². The summed E-state index contributed by atoms with van der Waals surface area (Å²) in [5.74, 6) is 0.987. The topological polar surface area (TPSA) is 87.1 Å². The second kappa shape index (κ2) is 8.45. The van der Waals surface area contributed by atoms with Gasteiger partial charge in [0.05, 0.1) is 11.4 Å². The first-order valence-electron chi connectivity index (χ1n) is 9.46. The summed E-state index contributed by atoms with van der Waals surface area (Å²) in [5, 5.41) is 15.8. The van der Waals surface area contributed by atoms with Crippen LogP contribution in [0.5, 0.6) is 5.75 Å². The summed E-state index contributed by atoms with van der Waals surface area (Å²) in [6.07, 6.45) is 0. The highest BCUT2D eigenvalue weighted by Crippen LogP contribution is 2.24. The van der Waals surface area contributed by atoms with Crippen molar-refractivity contribution in [2.75, 3.05) is 10.6 Å². The zero-order valence-corrected chi connectivity index (χ0v) is 16.3. The number of hydrogen-bond donors (Lipinski definition) is 3. The van der Waals surface area contributed by atoms with E-state index >= 15 is 0 Å². The Morgan fingerprint density at radius 3 is 2.43 bits per heavy atom. The van der Waals surface area contributed by atoms with Crippen molar-refractivity contribution in [3.8, 4) is 17.0 Å². The Kier molecular flexibility index (Phi) is 5.39. The first kappa shape index (κ1) is 19.1. The number of anilines is 3. The maximum atomic E-state index is 12.6. The molecule has 0 aliphatic heterocycles. The molecule has 0 spiro atoms. The van der Waals surface area contributed by atoms with E-state index in [2.05, 4.69) is 20.6 Å². The number of aromatic hydroxyl groups is 1. The molecule has 30 heavy (non-hydrogen) atoms. The van der Waals surface area contributed by atoms with Crippen molar-refractivity contribution < 1.29 is 9.90 Å². The van der Waals surface area contributed by atoms with Crippen molar-refractivity contribution in [3.63, 3.8) is 0 Å². The molecule has 0 aliphatic rings. The molecular formula is C24H20N4O2. The summed E-state index contributed by atoms with van der Waals surface area (Å²) < 4.78 is 0. The number of carbonyl (C=O) groups excluding carboxylic acids is 1. The number of carbonyl (C=O) groups is 1. The first-order valence-corrected chi connectivity index (χ1v) is 9.46. The van der Waals surface area contributed by atoms with Gasteiger partial charge in [0.2, 0.25) is 0 Å². The second-order valence-corrected chi connectivity index (χ2v) is 6.73. The fraction of sp³-hybridized carbons (Fsp3) is 0.0417. The number of para-hydroxylation sites is 2. The Hall–Kier alpha value is -4.19. The molecule has 0 fully saturated rings. The molecule has 0 atom stereocenters. The molecular weight excluding hydrogens is 376 g/mol. The third-order valence-corrected chi connectivity index (χ3v) is 4.46. The number of amides is 1. The summed E-state index contributed by atoms with van der Waals surface area (Å²) in [7, 11) is 0. The molecule has 0 radical (unpaired) electrons. The van der Waals surface area contributed by atoms with Gasteiger partial charge in [0, 0.05) is 22.9 Å². The number of nitrogens with zero attached hydrogens (tertiary/aromatic N) is 2. The quantitative estimate of drug-likeness (QED) is 0.406. The summed E-state index contributed by atoms with van der Waals surface area (Å²) >= 11 is 0. The standard InChI is InChI=1S/C24H20N4O2/c1-16-25-21(17-8-3-2-4-9-17)15-23(26-16)27-19-11-7-10-18(14-19)24(30)28-20-12-5-6-13-22(20)29/h2-15,29H,1H3,(H,28,30)(H,25,26,27). The lowest BCUT2D eigenvalue weighted by Crippen LogP contribution is -2.12. The summed E-state index contributed by atoms with van der Waals surface area (Å²) in [4.78, 5) is 21.5. The average molecular weight is 396 g/mol. The lowest BCUT2D eigenvalue weighted by molar-refractivity contribution is 0.102. The van der Waals surface area contributed by atoms with E-state index in [0.29, 0.717) is 22.9 Å². The molecule has 0 aliphatic carbocycles. The Balaban J connectivity index is 1.56. The van der Waals surface area contributed by atoms with E-state index in [0.717, 1.165) is 16.9 Å². The van der Waals surface area contributed by atoms with Crippen LogP contribution in [-0.4, -0.2) is 21.0 Å². The van der Waals surface area contributed by atoms with Gasteiger partial charge >= 0.3 is 0 Å². The molecule has 3 aromatic carbocycles. The monoisotopic (exact) mass is 396 g/mol. The fourth-order valence-electron chi connectivity index (χ4n) is 3.05. The van der Waals surface area contributed by atoms with Crippen LogP contribution in [0.3, 0.4) is 0 Å². The van der Waals surface area contributed by atoms with E-state index in [9.17, 15) is 9.90 Å². The molecule has 6 nitrogen and oxygen atoms in total. The summed E-state index contributed by atoms with van der Waals surface area (Å²) in [6.45, 7) is 1.84. The minimum atomic E-state index is -0.316. The van der Waals surface area contributed by atoms with Crippen LogP contribution in [0.25, 0.3) is 11.3 Å². The number of aryl methyl sites for hydroxylation is 1. The maximum absolute atomic E-state index is 12.6. The predicted octanol–water partition coefficient (Wildman–Crippen LogP) is 5.15. The van der Waals surface area contributed by atoms with Crippen LogP contribution in [0.1, 0.15) is 16.2 Å². The first-order chi connectivity index (χ1) is 14.6. The van der Waals surface area contributed by atoms with Crippen molar-refractivity contribution >= 4 is 23.1 Å². The van der Waals surface area contributed by atoms with E-state index in [1.165, 1.54) is 6.07 Å². The van der Waals surface area contributed by atoms with Crippen LogP contribution in [0.2, 0.25) is 0 Å². The van der Waals surface area contributed by atoms with Gasteiger partial charge in [0.1, 0.15) is 17.4 Å². The van der Waals surface area contributed by atoms with Crippen LogP contribution < -0.4 is 10.6 Å². The lowest BCUT2D eigenvalue weighted by Gasteiger charge is -2.11. The highest BCUT2D eigenvalue weighted by atomic mass is 16.3. The average Bonchev–Trinajstić information content (AvgIpc) is 2.76. The Labute approximate surface area is 174 Å². The Morgan fingerprint density at radius 1 is 0.867 bits per heavy atom. The van der Waals surface area contributed by atoms with Crippen LogP contribution in [-0.2, 0) is 0 Å². The third kappa shape index (κ3) is 4.44. The van der Waals surface area contributed by atoms with E-state index in [1.54, 1.807) is 36.4 Å². The van der Waals surface area contributed by atoms with E-state index in [1.807, 2.05) is 49.4 Å². The predicted molar refractivity (Wildman–Crippen MR) is 118 cm³/mol. The van der Waals surface area contributed by atoms with Crippen molar-refractivity contribution in [1.29, 1.82) is 0 Å². The third-order valence-electron chi connectivity index (χ3n) is 4.46. The number of phenolic OH excluding ortho intramolecular Hbond substituents is 1. The molecule has 0 saturated heterocycles. The van der Waals surface area contributed by atoms with E-state index in [-0.39, 0.29) is 11.7 Å². The van der Waals surface area contributed by atoms with Crippen molar-refractivity contribution in [1.82, 2.24) is 9.97 Å². The second-order valence-electron chi connectivity index (χ2n) is 6.73. The SMILES string of the molecule is Cc1nc(Nc2cccc(C(=O)Nc3ccccc3O)c2)cc(-c2ccccc2)n1. The number of benzene rings is 3. The molecule has 148 valence electrons. The summed E-state index contributed by atoms with van der Waals surface area (Å²) in [6, 6.07) is 25.4. The van der Waals surface area contributed by atoms with Gasteiger partial charge in [-0.25, -0.2) is 9.97 Å². The van der Waals surface area contributed by atoms with Gasteiger partial charge < -0.3 is 15.7 Å². The highest BCUT2D eigenvalue weighted by Gasteiger charge is 2.10. The van der Waals surface area contributed by atoms with Crippen molar-refractivity contribution in [2.24, 2.45) is 0 Å². The largest absolute Gasteiger partial charge is 0.506 e. The zero-order valence-electron chi connectivity index (χ0n) is 16.3. The maximum Gasteiger partial charge on any atom is 0.255 e. The molecule has 1 heterocycles. The minimum Gasteiger partial charge on any atom is -0.506 e. The smallest absolute Gasteiger partial charge is 0.255 e. The van der Waals surface area contributed by atoms with E-state index < -0.39 is 0 Å². The normalized spacial score (nSPS) is 10.4. The molecule has 4 rings (SSSR count). The summed E-state index contributed by atoms with van der Waals surface area (Å²) in [5.41, 5.74) is 3.36. The molecule has 4 aromatic rings. The lowest BCUT2D eigenvalue weighted by atomic mass is 10.1. The van der Waals surface area contributed by atoms with Crippen LogP contribution in [0.15, 0.2) is 84.9 Å². The van der Waals surface area contributed by atoms with Gasteiger partial charge in [-0.3, -0.25) is 4.79 Å². The van der Waals surface area contributed by atoms with Gasteiger partial charge in [0.15, 0.2) is 0 Å². The van der Waals surface area contributed by atoms with E-state index in [4.69, 9.17) is 0 Å². The number of rotatable bonds is 5. The van der Waals surface area contributed by atoms with Gasteiger partial charge in [-0.1, -0.05) is 48.5 Å². The Morgan fingerprint density at radius 2 is 1.63 bits per heavy atom. The molecule has 0 unspecified atom stereocenters. The van der Waals surface area contributed by atoms with Gasteiger partial charge in [-0.2, -0.15) is 0 Å². The number of hydrogen-bond acceptors (Lipinski definition) is 5. The van der Waals surface area contributed by atoms with Crippen LogP contribution in [0, 0.1) is 6.92 Å². The number of phenols is 1. The van der Waals surface area contributed by atoms with Crippen molar-refractivity contribution in [2.45, 2.75) is 6.92 Å². The molecule has 6 heteroatoms. The fourth-order valence-corrected chi connectivity index (χ4v) is 3.05.